The summed E-state index contributed by atoms with van der Waals surface area (Å²) in [6.07, 6.45) is 2.25. The highest BCUT2D eigenvalue weighted by atomic mass is 16.5. The van der Waals surface area contributed by atoms with Crippen molar-refractivity contribution in [2.24, 2.45) is 5.92 Å². The molecular weight excluding hydrogens is 414 g/mol. The van der Waals surface area contributed by atoms with Crippen molar-refractivity contribution in [2.45, 2.75) is 58.5 Å². The molecule has 32 heavy (non-hydrogen) atoms. The number of amides is 1. The third-order valence-corrected chi connectivity index (χ3v) is 6.68. The van der Waals surface area contributed by atoms with E-state index in [1.165, 1.54) is 0 Å². The van der Waals surface area contributed by atoms with Gasteiger partial charge in [0.05, 0.1) is 30.4 Å². The number of methoxy groups -OCH3 is 1. The highest BCUT2D eigenvalue weighted by Gasteiger charge is 2.32. The maximum atomic E-state index is 12.9. The summed E-state index contributed by atoms with van der Waals surface area (Å²) in [7, 11) is 1.55. The lowest BCUT2D eigenvalue weighted by atomic mass is 9.91. The van der Waals surface area contributed by atoms with E-state index in [0.717, 1.165) is 12.0 Å². The fourth-order valence-electron chi connectivity index (χ4n) is 4.69. The van der Waals surface area contributed by atoms with Crippen molar-refractivity contribution >= 4 is 22.8 Å². The van der Waals surface area contributed by atoms with Crippen LogP contribution in [0.5, 0.6) is 11.5 Å². The van der Waals surface area contributed by atoms with Gasteiger partial charge in [-0.05, 0) is 52.0 Å². The zero-order chi connectivity index (χ0) is 23.2. The summed E-state index contributed by atoms with van der Waals surface area (Å²) in [6.45, 7) is 6.58. The number of hydrogen-bond acceptors (Lipinski definition) is 6. The predicted molar refractivity (Wildman–Crippen MR) is 117 cm³/mol. The molecule has 0 unspecified atom stereocenters. The van der Waals surface area contributed by atoms with E-state index in [9.17, 15) is 14.4 Å². The van der Waals surface area contributed by atoms with Gasteiger partial charge in [0.2, 0.25) is 5.91 Å². The number of aryl methyl sites for hydroxylation is 2. The summed E-state index contributed by atoms with van der Waals surface area (Å²) in [5.41, 5.74) is 1.41. The van der Waals surface area contributed by atoms with Gasteiger partial charge in [0.25, 0.3) is 0 Å². The molecule has 3 heterocycles. The lowest BCUT2D eigenvalue weighted by Crippen LogP contribution is -2.41. The second kappa shape index (κ2) is 8.15. The summed E-state index contributed by atoms with van der Waals surface area (Å²) in [4.78, 5) is 38.6. The summed E-state index contributed by atoms with van der Waals surface area (Å²) in [5.74, 6) is -0.266. The number of ether oxygens (including phenoxy) is 2. The Kier molecular flexibility index (Phi) is 5.65. The fraction of sp³-hybridized carbons (Fsp3) is 0.542. The van der Waals surface area contributed by atoms with Gasteiger partial charge in [-0.1, -0.05) is 0 Å². The van der Waals surface area contributed by atoms with Crippen LogP contribution in [0, 0.1) is 12.8 Å². The average molecular weight is 443 g/mol. The Hall–Kier alpha value is -3.03. The quantitative estimate of drug-likeness (QED) is 0.724. The third kappa shape index (κ3) is 3.94. The van der Waals surface area contributed by atoms with Crippen molar-refractivity contribution in [2.75, 3.05) is 20.2 Å². The fourth-order valence-corrected chi connectivity index (χ4v) is 4.69. The summed E-state index contributed by atoms with van der Waals surface area (Å²) < 4.78 is 17.5. The number of aliphatic carboxylic acids is 1. The highest BCUT2D eigenvalue weighted by Crippen LogP contribution is 2.43. The molecule has 2 aromatic rings. The van der Waals surface area contributed by atoms with Crippen LogP contribution in [0.4, 0.5) is 0 Å². The summed E-state index contributed by atoms with van der Waals surface area (Å²) in [6, 6.07) is 1.83. The van der Waals surface area contributed by atoms with Crippen LogP contribution in [0.25, 0.3) is 11.0 Å². The number of hydrogen-bond donors (Lipinski definition) is 1. The maximum Gasteiger partial charge on any atom is 0.340 e. The second-order valence-electron chi connectivity index (χ2n) is 9.28. The number of nitrogens with zero attached hydrogens (tertiary/aromatic N) is 1. The van der Waals surface area contributed by atoms with Gasteiger partial charge in [-0.15, -0.1) is 0 Å². The van der Waals surface area contributed by atoms with E-state index in [1.807, 2.05) is 19.9 Å². The Bertz CT molecular complexity index is 1140. The molecule has 0 saturated carbocycles. The van der Waals surface area contributed by atoms with Crippen molar-refractivity contribution in [3.63, 3.8) is 0 Å². The molecule has 1 N–H and O–H groups in total. The van der Waals surface area contributed by atoms with Gasteiger partial charge in [-0.2, -0.15) is 0 Å². The van der Waals surface area contributed by atoms with Crippen LogP contribution < -0.4 is 15.1 Å². The first kappa shape index (κ1) is 22.2. The first-order valence-corrected chi connectivity index (χ1v) is 11.0. The van der Waals surface area contributed by atoms with Gasteiger partial charge >= 0.3 is 11.6 Å². The van der Waals surface area contributed by atoms with Crippen LogP contribution in [0.1, 0.15) is 49.8 Å². The predicted octanol–water partition coefficient (Wildman–Crippen LogP) is 3.08. The van der Waals surface area contributed by atoms with Crippen LogP contribution in [0.2, 0.25) is 0 Å². The Balaban J connectivity index is 1.69. The van der Waals surface area contributed by atoms with Crippen molar-refractivity contribution in [1.82, 2.24) is 4.90 Å². The van der Waals surface area contributed by atoms with Gasteiger partial charge in [0.1, 0.15) is 22.7 Å². The number of carboxylic acids is 1. The summed E-state index contributed by atoms with van der Waals surface area (Å²) in [5, 5.41) is 9.84. The molecule has 0 atom stereocenters. The van der Waals surface area contributed by atoms with Crippen LogP contribution in [-0.2, 0) is 22.4 Å². The van der Waals surface area contributed by atoms with E-state index in [1.54, 1.807) is 18.9 Å². The first-order chi connectivity index (χ1) is 15.1. The SMILES string of the molecule is COc1cc2c(c3oc(=O)c(CC(=O)N4CCC(C(=O)O)CC4)c(C)c13)CCC(C)(C)O2. The molecule has 1 aromatic carbocycles. The second-order valence-corrected chi connectivity index (χ2v) is 9.28. The molecule has 172 valence electrons. The molecule has 1 saturated heterocycles. The number of carbonyl (C=O) groups excluding carboxylic acids is 1. The van der Waals surface area contributed by atoms with E-state index in [-0.39, 0.29) is 17.9 Å². The molecular formula is C24H29NO7. The first-order valence-electron chi connectivity index (χ1n) is 11.0. The Labute approximate surface area is 186 Å². The Morgan fingerprint density at radius 1 is 1.28 bits per heavy atom. The van der Waals surface area contributed by atoms with Gasteiger partial charge < -0.3 is 23.9 Å². The minimum Gasteiger partial charge on any atom is -0.496 e. The van der Waals surface area contributed by atoms with E-state index < -0.39 is 17.5 Å². The molecule has 4 rings (SSSR count). The largest absolute Gasteiger partial charge is 0.496 e. The third-order valence-electron chi connectivity index (χ3n) is 6.68. The normalized spacial score (nSPS) is 18.2. The molecule has 0 radical (unpaired) electrons. The standard InChI is InChI=1S/C24H29NO7/c1-13-16(11-19(26)25-9-6-14(7-10-25)22(27)28)23(29)31-21-15-5-8-24(2,3)32-17(15)12-18(30-4)20(13)21/h12,14H,5-11H2,1-4H3,(H,27,28). The smallest absolute Gasteiger partial charge is 0.340 e. The zero-order valence-corrected chi connectivity index (χ0v) is 18.9. The maximum absolute atomic E-state index is 12.9. The number of rotatable bonds is 4. The van der Waals surface area contributed by atoms with Gasteiger partial charge in [0.15, 0.2) is 0 Å². The van der Waals surface area contributed by atoms with Crippen molar-refractivity contribution in [3.05, 3.63) is 33.2 Å². The lowest BCUT2D eigenvalue weighted by molar-refractivity contribution is -0.145. The number of carbonyl (C=O) groups is 2. The van der Waals surface area contributed by atoms with Crippen LogP contribution >= 0.6 is 0 Å². The van der Waals surface area contributed by atoms with E-state index in [0.29, 0.717) is 65.9 Å². The highest BCUT2D eigenvalue weighted by molar-refractivity contribution is 5.93. The van der Waals surface area contributed by atoms with E-state index in [2.05, 4.69) is 0 Å². The number of carboxylic acid groups (broad SMARTS) is 1. The Morgan fingerprint density at radius 3 is 2.59 bits per heavy atom. The van der Waals surface area contributed by atoms with Crippen LogP contribution in [0.3, 0.4) is 0 Å². The molecule has 1 fully saturated rings. The summed E-state index contributed by atoms with van der Waals surface area (Å²) >= 11 is 0. The molecule has 1 aromatic heterocycles. The average Bonchev–Trinajstić information content (AvgIpc) is 2.74. The van der Waals surface area contributed by atoms with E-state index >= 15 is 0 Å². The van der Waals surface area contributed by atoms with Crippen molar-refractivity contribution in [1.29, 1.82) is 0 Å². The number of benzene rings is 1. The zero-order valence-electron chi connectivity index (χ0n) is 18.9. The molecule has 0 aliphatic carbocycles. The van der Waals surface area contributed by atoms with Crippen molar-refractivity contribution < 1.29 is 28.6 Å². The molecule has 1 amide bonds. The molecule has 2 aliphatic rings. The molecule has 0 bridgehead atoms. The molecule has 0 spiro atoms. The minimum atomic E-state index is -0.828. The minimum absolute atomic E-state index is 0.0917. The van der Waals surface area contributed by atoms with Gasteiger partial charge in [-0.25, -0.2) is 4.79 Å². The van der Waals surface area contributed by atoms with Crippen molar-refractivity contribution in [3.8, 4) is 11.5 Å². The molecule has 8 heteroatoms. The Morgan fingerprint density at radius 2 is 1.97 bits per heavy atom. The van der Waals surface area contributed by atoms with Gasteiger partial charge in [0, 0.05) is 24.7 Å². The number of likely N-dealkylation sites (tertiary alicyclic amines) is 1. The topological polar surface area (TPSA) is 106 Å². The molecule has 2 aliphatic heterocycles. The van der Waals surface area contributed by atoms with Crippen LogP contribution in [-0.4, -0.2) is 47.7 Å². The lowest BCUT2D eigenvalue weighted by Gasteiger charge is -2.33. The number of fused-ring (bicyclic) bond motifs is 3. The number of piperidine rings is 1. The van der Waals surface area contributed by atoms with Crippen LogP contribution in [0.15, 0.2) is 15.3 Å². The monoisotopic (exact) mass is 443 g/mol. The van der Waals surface area contributed by atoms with E-state index in [4.69, 9.17) is 19.0 Å². The molecule has 8 nitrogen and oxygen atoms in total. The van der Waals surface area contributed by atoms with Gasteiger partial charge in [-0.3, -0.25) is 9.59 Å².